The third-order valence-electron chi connectivity index (χ3n) is 4.06. The number of aliphatic hydroxyl groups excluding tert-OH is 1. The van der Waals surface area contributed by atoms with E-state index in [4.69, 9.17) is 0 Å². The van der Waals surface area contributed by atoms with Crippen molar-refractivity contribution in [2.24, 2.45) is 5.92 Å². The second-order valence-corrected chi connectivity index (χ2v) is 5.33. The molecular formula is C13H19N3O2. The number of hydrogen-bond donors (Lipinski definition) is 1. The van der Waals surface area contributed by atoms with Crippen LogP contribution in [0.5, 0.6) is 0 Å². The Balaban J connectivity index is 1.84. The van der Waals surface area contributed by atoms with Crippen LogP contribution in [0.25, 0.3) is 0 Å². The van der Waals surface area contributed by atoms with Crippen molar-refractivity contribution in [1.29, 1.82) is 0 Å². The third kappa shape index (κ3) is 1.92. The molecule has 5 nitrogen and oxygen atoms in total. The highest BCUT2D eigenvalue weighted by molar-refractivity contribution is 5.94. The molecule has 1 aliphatic carbocycles. The highest BCUT2D eigenvalue weighted by atomic mass is 16.3. The lowest BCUT2D eigenvalue weighted by Crippen LogP contribution is -2.28. The fourth-order valence-corrected chi connectivity index (χ4v) is 3.08. The summed E-state index contributed by atoms with van der Waals surface area (Å²) < 4.78 is 2.00. The molecule has 0 spiro atoms. The minimum Gasteiger partial charge on any atom is -0.396 e. The minimum atomic E-state index is 0.0735. The van der Waals surface area contributed by atoms with E-state index >= 15 is 0 Å². The number of carbonyl (C=O) groups excluding carboxylic acids is 1. The number of aliphatic hydroxyl groups is 1. The van der Waals surface area contributed by atoms with Crippen molar-refractivity contribution in [3.05, 3.63) is 12.3 Å². The van der Waals surface area contributed by atoms with Crippen LogP contribution in [0.4, 0.5) is 5.82 Å². The molecule has 2 aliphatic rings. The first kappa shape index (κ1) is 11.7. The van der Waals surface area contributed by atoms with Gasteiger partial charge in [0.05, 0.1) is 12.2 Å². The van der Waals surface area contributed by atoms with E-state index in [1.807, 2.05) is 10.7 Å². The van der Waals surface area contributed by atoms with Crippen LogP contribution in [0.15, 0.2) is 12.3 Å². The van der Waals surface area contributed by atoms with Gasteiger partial charge in [-0.05, 0) is 12.8 Å². The second-order valence-electron chi connectivity index (χ2n) is 5.33. The smallest absolute Gasteiger partial charge is 0.228 e. The summed E-state index contributed by atoms with van der Waals surface area (Å²) in [5.74, 6) is 1.08. The molecule has 1 saturated carbocycles. The molecule has 5 heteroatoms. The average Bonchev–Trinajstić information content (AvgIpc) is 3.07. The predicted molar refractivity (Wildman–Crippen MR) is 67.3 cm³/mol. The van der Waals surface area contributed by atoms with E-state index < -0.39 is 0 Å². The normalized spacial score (nSPS) is 25.3. The van der Waals surface area contributed by atoms with Gasteiger partial charge in [0.25, 0.3) is 0 Å². The Bertz CT molecular complexity index is 437. The van der Waals surface area contributed by atoms with Gasteiger partial charge < -0.3 is 5.11 Å². The maximum Gasteiger partial charge on any atom is 0.228 e. The van der Waals surface area contributed by atoms with Crippen molar-refractivity contribution in [1.82, 2.24) is 9.78 Å². The quantitative estimate of drug-likeness (QED) is 0.879. The van der Waals surface area contributed by atoms with Crippen LogP contribution in [-0.4, -0.2) is 33.9 Å². The van der Waals surface area contributed by atoms with Crippen molar-refractivity contribution in [3.8, 4) is 0 Å². The van der Waals surface area contributed by atoms with Crippen molar-refractivity contribution in [2.75, 3.05) is 18.1 Å². The van der Waals surface area contributed by atoms with E-state index in [1.54, 1.807) is 11.1 Å². The van der Waals surface area contributed by atoms with Gasteiger partial charge in [-0.15, -0.1) is 0 Å². The molecule has 1 aliphatic heterocycles. The number of carbonyl (C=O) groups is 1. The molecule has 1 unspecified atom stereocenters. The Kier molecular flexibility index (Phi) is 3.07. The van der Waals surface area contributed by atoms with Crippen LogP contribution in [0.3, 0.4) is 0 Å². The maximum absolute atomic E-state index is 12.0. The molecular weight excluding hydrogens is 230 g/mol. The van der Waals surface area contributed by atoms with Crippen LogP contribution in [-0.2, 0) is 4.79 Å². The molecule has 18 heavy (non-hydrogen) atoms. The molecule has 0 bridgehead atoms. The van der Waals surface area contributed by atoms with Gasteiger partial charge in [-0.25, -0.2) is 4.68 Å². The van der Waals surface area contributed by atoms with Gasteiger partial charge in [0.1, 0.15) is 5.82 Å². The first-order valence-corrected chi connectivity index (χ1v) is 6.74. The van der Waals surface area contributed by atoms with Gasteiger partial charge in [0.2, 0.25) is 5.91 Å². The standard InChI is InChI=1S/C13H19N3O2/c17-9-10-7-13(18)15(8-10)12-5-6-14-16(12)11-3-1-2-4-11/h5-6,10-11,17H,1-4,7-9H2. The molecule has 2 heterocycles. The number of nitrogens with zero attached hydrogens (tertiary/aromatic N) is 3. The minimum absolute atomic E-state index is 0.0735. The highest BCUT2D eigenvalue weighted by Gasteiger charge is 2.33. The first-order chi connectivity index (χ1) is 8.79. The van der Waals surface area contributed by atoms with Crippen LogP contribution in [0.2, 0.25) is 0 Å². The molecule has 1 amide bonds. The predicted octanol–water partition coefficient (Wildman–Crippen LogP) is 1.34. The molecule has 1 N–H and O–H groups in total. The van der Waals surface area contributed by atoms with Crippen LogP contribution < -0.4 is 4.90 Å². The Morgan fingerprint density at radius 3 is 2.83 bits per heavy atom. The van der Waals surface area contributed by atoms with E-state index in [1.165, 1.54) is 12.8 Å². The lowest BCUT2D eigenvalue weighted by molar-refractivity contribution is -0.117. The molecule has 0 radical (unpaired) electrons. The van der Waals surface area contributed by atoms with Gasteiger partial charge in [-0.2, -0.15) is 5.10 Å². The van der Waals surface area contributed by atoms with Crippen LogP contribution in [0, 0.1) is 5.92 Å². The summed E-state index contributed by atoms with van der Waals surface area (Å²) in [6.07, 6.45) is 7.02. The maximum atomic E-state index is 12.0. The lowest BCUT2D eigenvalue weighted by atomic mass is 10.1. The summed E-state index contributed by atoms with van der Waals surface area (Å²) in [5.41, 5.74) is 0. The SMILES string of the molecule is O=C1CC(CO)CN1c1ccnn1C1CCCC1. The van der Waals surface area contributed by atoms with Crippen molar-refractivity contribution in [3.63, 3.8) is 0 Å². The molecule has 2 fully saturated rings. The van der Waals surface area contributed by atoms with E-state index in [-0.39, 0.29) is 18.4 Å². The average molecular weight is 249 g/mol. The Labute approximate surface area is 106 Å². The highest BCUT2D eigenvalue weighted by Crippen LogP contribution is 2.34. The van der Waals surface area contributed by atoms with Gasteiger partial charge in [-0.3, -0.25) is 9.69 Å². The lowest BCUT2D eigenvalue weighted by Gasteiger charge is -2.21. The third-order valence-corrected chi connectivity index (χ3v) is 4.06. The summed E-state index contributed by atoms with van der Waals surface area (Å²) in [7, 11) is 0. The Morgan fingerprint density at radius 1 is 1.39 bits per heavy atom. The number of anilines is 1. The van der Waals surface area contributed by atoms with E-state index in [0.717, 1.165) is 18.7 Å². The summed E-state index contributed by atoms with van der Waals surface area (Å²) >= 11 is 0. The van der Waals surface area contributed by atoms with Gasteiger partial charge in [0, 0.05) is 31.6 Å². The molecule has 1 aromatic heterocycles. The van der Waals surface area contributed by atoms with Crippen LogP contribution >= 0.6 is 0 Å². The summed E-state index contributed by atoms with van der Waals surface area (Å²) in [4.78, 5) is 13.8. The molecule has 1 atom stereocenters. The molecule has 1 saturated heterocycles. The van der Waals surface area contributed by atoms with Gasteiger partial charge in [0.15, 0.2) is 0 Å². The zero-order valence-electron chi connectivity index (χ0n) is 10.5. The summed E-state index contributed by atoms with van der Waals surface area (Å²) in [6.45, 7) is 0.702. The molecule has 1 aromatic rings. The van der Waals surface area contributed by atoms with Crippen molar-refractivity contribution < 1.29 is 9.90 Å². The fraction of sp³-hybridized carbons (Fsp3) is 0.692. The van der Waals surface area contributed by atoms with E-state index in [2.05, 4.69) is 5.10 Å². The topological polar surface area (TPSA) is 58.4 Å². The van der Waals surface area contributed by atoms with Gasteiger partial charge >= 0.3 is 0 Å². The summed E-state index contributed by atoms with van der Waals surface area (Å²) in [5, 5.41) is 13.6. The number of rotatable bonds is 3. The number of aromatic nitrogens is 2. The fourth-order valence-electron chi connectivity index (χ4n) is 3.08. The zero-order valence-corrected chi connectivity index (χ0v) is 10.5. The Morgan fingerprint density at radius 2 is 2.17 bits per heavy atom. The molecule has 0 aromatic carbocycles. The largest absolute Gasteiger partial charge is 0.396 e. The molecule has 98 valence electrons. The zero-order chi connectivity index (χ0) is 12.5. The number of hydrogen-bond acceptors (Lipinski definition) is 3. The van der Waals surface area contributed by atoms with Crippen LogP contribution in [0.1, 0.15) is 38.1 Å². The van der Waals surface area contributed by atoms with E-state index in [0.29, 0.717) is 19.0 Å². The van der Waals surface area contributed by atoms with Crippen molar-refractivity contribution >= 4 is 11.7 Å². The first-order valence-electron chi connectivity index (χ1n) is 6.74. The molecule has 3 rings (SSSR count). The van der Waals surface area contributed by atoms with Gasteiger partial charge in [-0.1, -0.05) is 12.8 Å². The Hall–Kier alpha value is -1.36. The van der Waals surface area contributed by atoms with Crippen molar-refractivity contribution in [2.45, 2.75) is 38.1 Å². The number of amides is 1. The monoisotopic (exact) mass is 249 g/mol. The second kappa shape index (κ2) is 4.72. The summed E-state index contributed by atoms with van der Waals surface area (Å²) in [6, 6.07) is 2.35. The van der Waals surface area contributed by atoms with E-state index in [9.17, 15) is 9.90 Å².